The van der Waals surface area contributed by atoms with Crippen LogP contribution in [0.2, 0.25) is 0 Å². The fourth-order valence-corrected chi connectivity index (χ4v) is 5.00. The molecule has 0 aliphatic carbocycles. The van der Waals surface area contributed by atoms with Crippen molar-refractivity contribution in [3.05, 3.63) is 72.3 Å². The summed E-state index contributed by atoms with van der Waals surface area (Å²) in [5.41, 5.74) is 1.79. The molecule has 0 bridgehead atoms. The van der Waals surface area contributed by atoms with E-state index in [1.54, 1.807) is 35.4 Å². The van der Waals surface area contributed by atoms with E-state index in [0.717, 1.165) is 0 Å². The molecule has 0 saturated carbocycles. The van der Waals surface area contributed by atoms with Crippen molar-refractivity contribution in [2.45, 2.75) is 19.1 Å². The minimum Gasteiger partial charge on any atom is -0.494 e. The molecule has 2 amide bonds. The number of carbonyl (C=O) groups is 2. The number of carbonyl (C=O) groups excluding carboxylic acids is 2. The van der Waals surface area contributed by atoms with E-state index in [9.17, 15) is 9.59 Å². The van der Waals surface area contributed by atoms with Crippen molar-refractivity contribution in [2.75, 3.05) is 37.9 Å². The molecule has 9 nitrogen and oxygen atoms in total. The summed E-state index contributed by atoms with van der Waals surface area (Å²) in [4.78, 5) is 34.9. The lowest BCUT2D eigenvalue weighted by Crippen LogP contribution is -2.37. The van der Waals surface area contributed by atoms with E-state index >= 15 is 0 Å². The van der Waals surface area contributed by atoms with E-state index in [-0.39, 0.29) is 5.91 Å². The lowest BCUT2D eigenvalue weighted by atomic mass is 9.89. The molecule has 37 heavy (non-hydrogen) atoms. The van der Waals surface area contributed by atoms with Crippen molar-refractivity contribution < 1.29 is 33.4 Å². The second-order valence-electron chi connectivity index (χ2n) is 8.52. The number of nitrogens with zero attached hydrogens (tertiary/aromatic N) is 2. The van der Waals surface area contributed by atoms with Crippen LogP contribution in [0.3, 0.4) is 0 Å². The van der Waals surface area contributed by atoms with Gasteiger partial charge in [0.15, 0.2) is 17.6 Å². The van der Waals surface area contributed by atoms with Crippen LogP contribution in [0.5, 0.6) is 23.0 Å². The van der Waals surface area contributed by atoms with Gasteiger partial charge < -0.3 is 18.9 Å². The number of methoxy groups -OCH3 is 3. The molecular formula is C28H28N2O7. The Morgan fingerprint density at radius 1 is 0.784 bits per heavy atom. The average Bonchev–Trinajstić information content (AvgIpc) is 3.44. The molecule has 2 aliphatic heterocycles. The number of para-hydroxylation sites is 1. The Kier molecular flexibility index (Phi) is 6.62. The van der Waals surface area contributed by atoms with E-state index in [1.165, 1.54) is 26.2 Å². The highest BCUT2D eigenvalue weighted by molar-refractivity contribution is 6.24. The van der Waals surface area contributed by atoms with E-state index < -0.39 is 24.0 Å². The Morgan fingerprint density at radius 2 is 1.49 bits per heavy atom. The Morgan fingerprint density at radius 3 is 2.11 bits per heavy atom. The summed E-state index contributed by atoms with van der Waals surface area (Å²) in [5.74, 6) is 0.309. The highest BCUT2D eigenvalue weighted by Gasteiger charge is 2.61. The molecule has 0 radical (unpaired) electrons. The molecule has 2 heterocycles. The van der Waals surface area contributed by atoms with Gasteiger partial charge in [0, 0.05) is 5.56 Å². The number of benzene rings is 3. The molecule has 3 atom stereocenters. The molecule has 192 valence electrons. The van der Waals surface area contributed by atoms with Crippen LogP contribution in [0.4, 0.5) is 11.4 Å². The molecule has 0 N–H and O–H groups in total. The standard InChI is InChI=1S/C28H28N2O7/c1-5-36-19-13-11-17(12-14-19)29-27(31)22-23(20-15-16-21(33-2)25(35-4)24(20)34-3)30(37-26(22)28(29)32)18-9-7-6-8-10-18/h6-16,22-23,26H,5H2,1-4H3/t22-,23-,26-/m1/s1. The summed E-state index contributed by atoms with van der Waals surface area (Å²) in [5, 5.41) is 1.62. The summed E-state index contributed by atoms with van der Waals surface area (Å²) >= 11 is 0. The van der Waals surface area contributed by atoms with Crippen LogP contribution in [-0.4, -0.2) is 45.9 Å². The van der Waals surface area contributed by atoms with Crippen molar-refractivity contribution in [2.24, 2.45) is 5.92 Å². The maximum atomic E-state index is 13.9. The molecule has 0 unspecified atom stereocenters. The molecular weight excluding hydrogens is 476 g/mol. The molecule has 3 aromatic rings. The van der Waals surface area contributed by atoms with Crippen LogP contribution in [0.15, 0.2) is 66.7 Å². The van der Waals surface area contributed by atoms with Gasteiger partial charge in [-0.1, -0.05) is 18.2 Å². The number of ether oxygens (including phenoxy) is 4. The summed E-state index contributed by atoms with van der Waals surface area (Å²) in [6.07, 6.45) is -1.01. The van der Waals surface area contributed by atoms with E-state index in [4.69, 9.17) is 23.8 Å². The predicted octanol–water partition coefficient (Wildman–Crippen LogP) is 4.16. The van der Waals surface area contributed by atoms with Crippen LogP contribution < -0.4 is 28.9 Å². The van der Waals surface area contributed by atoms with Crippen molar-refractivity contribution >= 4 is 23.2 Å². The summed E-state index contributed by atoms with van der Waals surface area (Å²) in [7, 11) is 4.58. The number of imide groups is 1. The summed E-state index contributed by atoms with van der Waals surface area (Å²) in [6, 6.07) is 19.1. The topological polar surface area (TPSA) is 86.8 Å². The molecule has 0 aromatic heterocycles. The van der Waals surface area contributed by atoms with E-state index in [1.807, 2.05) is 43.3 Å². The Hall–Kier alpha value is -4.24. The maximum Gasteiger partial charge on any atom is 0.266 e. The van der Waals surface area contributed by atoms with Gasteiger partial charge in [0.25, 0.3) is 5.91 Å². The first kappa shape index (κ1) is 24.5. The fraction of sp³-hybridized carbons (Fsp3) is 0.286. The van der Waals surface area contributed by atoms with Gasteiger partial charge in [0.05, 0.1) is 39.3 Å². The third-order valence-electron chi connectivity index (χ3n) is 6.59. The monoisotopic (exact) mass is 504 g/mol. The van der Waals surface area contributed by atoms with Gasteiger partial charge in [0.2, 0.25) is 11.7 Å². The Bertz CT molecular complexity index is 1300. The van der Waals surface area contributed by atoms with Gasteiger partial charge in [-0.25, -0.2) is 9.96 Å². The van der Waals surface area contributed by atoms with E-state index in [2.05, 4.69) is 0 Å². The Labute approximate surface area is 215 Å². The van der Waals surface area contributed by atoms with Gasteiger partial charge in [-0.15, -0.1) is 0 Å². The molecule has 3 aromatic carbocycles. The van der Waals surface area contributed by atoms with Crippen LogP contribution >= 0.6 is 0 Å². The zero-order chi connectivity index (χ0) is 26.1. The number of hydrogen-bond acceptors (Lipinski definition) is 8. The molecule has 2 saturated heterocycles. The van der Waals surface area contributed by atoms with Crippen molar-refractivity contribution in [3.63, 3.8) is 0 Å². The third-order valence-corrected chi connectivity index (χ3v) is 6.59. The minimum atomic E-state index is -1.01. The highest BCUT2D eigenvalue weighted by Crippen LogP contribution is 2.52. The predicted molar refractivity (Wildman–Crippen MR) is 136 cm³/mol. The lowest BCUT2D eigenvalue weighted by Gasteiger charge is -2.30. The van der Waals surface area contributed by atoms with Gasteiger partial charge in [-0.2, -0.15) is 0 Å². The van der Waals surface area contributed by atoms with Crippen molar-refractivity contribution in [1.82, 2.24) is 0 Å². The van der Waals surface area contributed by atoms with Gasteiger partial charge >= 0.3 is 0 Å². The lowest BCUT2D eigenvalue weighted by molar-refractivity contribution is -0.126. The van der Waals surface area contributed by atoms with Crippen molar-refractivity contribution in [3.8, 4) is 23.0 Å². The largest absolute Gasteiger partial charge is 0.494 e. The first-order valence-corrected chi connectivity index (χ1v) is 11.9. The third kappa shape index (κ3) is 4.01. The van der Waals surface area contributed by atoms with Gasteiger partial charge in [-0.3, -0.25) is 14.4 Å². The van der Waals surface area contributed by atoms with Crippen LogP contribution in [0, 0.1) is 5.92 Å². The van der Waals surface area contributed by atoms with E-state index in [0.29, 0.717) is 46.5 Å². The van der Waals surface area contributed by atoms with Gasteiger partial charge in [-0.05, 0) is 55.5 Å². The Balaban J connectivity index is 1.61. The second kappa shape index (κ2) is 10.0. The average molecular weight is 505 g/mol. The number of fused-ring (bicyclic) bond motifs is 1. The normalized spacial score (nSPS) is 20.7. The number of anilines is 2. The second-order valence-corrected chi connectivity index (χ2v) is 8.52. The number of hydroxylamine groups is 1. The number of rotatable bonds is 8. The smallest absolute Gasteiger partial charge is 0.266 e. The van der Waals surface area contributed by atoms with Crippen LogP contribution in [-0.2, 0) is 14.4 Å². The maximum absolute atomic E-state index is 13.9. The van der Waals surface area contributed by atoms with Crippen LogP contribution in [0.1, 0.15) is 18.5 Å². The molecule has 5 rings (SSSR count). The van der Waals surface area contributed by atoms with Gasteiger partial charge in [0.1, 0.15) is 17.7 Å². The molecule has 2 aliphatic rings. The molecule has 0 spiro atoms. The zero-order valence-corrected chi connectivity index (χ0v) is 21.0. The summed E-state index contributed by atoms with van der Waals surface area (Å²) in [6.45, 7) is 2.41. The SMILES string of the molecule is CCOc1ccc(N2C(=O)[C@@H]3[C@@H](c4ccc(OC)c(OC)c4OC)N(c4ccccc4)O[C@H]3C2=O)cc1. The quantitative estimate of drug-likeness (QED) is 0.423. The highest BCUT2D eigenvalue weighted by atomic mass is 16.7. The molecule has 9 heteroatoms. The molecule has 2 fully saturated rings. The minimum absolute atomic E-state index is 0.362. The van der Waals surface area contributed by atoms with Crippen molar-refractivity contribution in [1.29, 1.82) is 0 Å². The first-order chi connectivity index (χ1) is 18.0. The first-order valence-electron chi connectivity index (χ1n) is 11.9. The fourth-order valence-electron chi connectivity index (χ4n) is 5.00. The summed E-state index contributed by atoms with van der Waals surface area (Å²) < 4.78 is 22.3. The number of hydrogen-bond donors (Lipinski definition) is 0. The zero-order valence-electron chi connectivity index (χ0n) is 21.0. The number of amides is 2. The van der Waals surface area contributed by atoms with Crippen LogP contribution in [0.25, 0.3) is 0 Å².